The summed E-state index contributed by atoms with van der Waals surface area (Å²) in [6, 6.07) is 20.6. The number of hydrogen-bond acceptors (Lipinski definition) is 6. The van der Waals surface area contributed by atoms with Crippen molar-refractivity contribution in [3.05, 3.63) is 93.8 Å². The van der Waals surface area contributed by atoms with Gasteiger partial charge >= 0.3 is 11.6 Å². The summed E-state index contributed by atoms with van der Waals surface area (Å²) < 4.78 is 16.4. The molecule has 6 nitrogen and oxygen atoms in total. The van der Waals surface area contributed by atoms with Gasteiger partial charge in [0.1, 0.15) is 11.3 Å². The smallest absolute Gasteiger partial charge is 0.337 e. The first-order valence-electron chi connectivity index (χ1n) is 10.3. The van der Waals surface area contributed by atoms with E-state index in [1.54, 1.807) is 12.1 Å². The highest BCUT2D eigenvalue weighted by molar-refractivity contribution is 5.96. The normalized spacial score (nSPS) is 12.9. The molecule has 1 aliphatic heterocycles. The minimum absolute atomic E-state index is 0.347. The topological polar surface area (TPSA) is 69.0 Å². The van der Waals surface area contributed by atoms with Crippen LogP contribution in [0.25, 0.3) is 22.1 Å². The zero-order chi connectivity index (χ0) is 22.2. The van der Waals surface area contributed by atoms with E-state index < -0.39 is 0 Å². The van der Waals surface area contributed by atoms with Gasteiger partial charge < -0.3 is 18.8 Å². The van der Waals surface area contributed by atoms with Gasteiger partial charge in [0.2, 0.25) is 0 Å². The lowest BCUT2D eigenvalue weighted by Crippen LogP contribution is -2.32. The summed E-state index contributed by atoms with van der Waals surface area (Å²) in [5.74, 6) is 0.377. The van der Waals surface area contributed by atoms with E-state index in [2.05, 4.69) is 4.90 Å². The molecular formula is C26H21NO5. The molecule has 0 fully saturated rings. The molecular weight excluding hydrogens is 406 g/mol. The Morgan fingerprint density at radius 3 is 2.50 bits per heavy atom. The van der Waals surface area contributed by atoms with Gasteiger partial charge in [-0.15, -0.1) is 0 Å². The third kappa shape index (κ3) is 3.39. The van der Waals surface area contributed by atoms with Crippen molar-refractivity contribution < 1.29 is 18.7 Å². The number of aryl methyl sites for hydroxylation is 1. The van der Waals surface area contributed by atoms with E-state index in [0.717, 1.165) is 39.1 Å². The number of esters is 1. The molecule has 0 bridgehead atoms. The minimum atomic E-state index is -0.387. The second kappa shape index (κ2) is 7.89. The molecule has 0 aliphatic carbocycles. The Balaban J connectivity index is 1.57. The maximum Gasteiger partial charge on any atom is 0.337 e. The lowest BCUT2D eigenvalue weighted by atomic mass is 9.97. The van der Waals surface area contributed by atoms with Crippen LogP contribution in [-0.4, -0.2) is 19.8 Å². The van der Waals surface area contributed by atoms with Crippen LogP contribution in [0.4, 0.5) is 5.69 Å². The van der Waals surface area contributed by atoms with Crippen molar-refractivity contribution in [1.82, 2.24) is 0 Å². The molecule has 0 N–H and O–H groups in total. The van der Waals surface area contributed by atoms with Crippen molar-refractivity contribution in [2.75, 3.05) is 18.7 Å². The molecule has 0 radical (unpaired) electrons. The number of methoxy groups -OCH3 is 1. The van der Waals surface area contributed by atoms with Crippen LogP contribution in [0.5, 0.6) is 5.75 Å². The van der Waals surface area contributed by atoms with Crippen molar-refractivity contribution >= 4 is 22.6 Å². The Morgan fingerprint density at radius 2 is 1.78 bits per heavy atom. The second-order valence-electron chi connectivity index (χ2n) is 7.72. The van der Waals surface area contributed by atoms with E-state index in [4.69, 9.17) is 13.9 Å². The van der Waals surface area contributed by atoms with Gasteiger partial charge in [0.05, 0.1) is 12.7 Å². The highest BCUT2D eigenvalue weighted by atomic mass is 16.5. The highest BCUT2D eigenvalue weighted by Crippen LogP contribution is 2.39. The maximum absolute atomic E-state index is 12.3. The SMILES string of the molecule is COC(=O)c1ccc(N2COc3c(cc4c(-c5ccccc5)cc(=O)oc4c3C)C2)cc1. The first kappa shape index (κ1) is 19.9. The number of fused-ring (bicyclic) bond motifs is 2. The fourth-order valence-electron chi connectivity index (χ4n) is 4.17. The van der Waals surface area contributed by atoms with Crippen LogP contribution in [0.15, 0.2) is 75.9 Å². The van der Waals surface area contributed by atoms with Gasteiger partial charge in [-0.3, -0.25) is 0 Å². The Bertz CT molecular complexity index is 1370. The molecule has 0 spiro atoms. The number of carbonyl (C=O) groups excluding carboxylic acids is 1. The van der Waals surface area contributed by atoms with Gasteiger partial charge in [0, 0.05) is 34.8 Å². The van der Waals surface area contributed by atoms with E-state index in [-0.39, 0.29) is 11.6 Å². The molecule has 2 heterocycles. The summed E-state index contributed by atoms with van der Waals surface area (Å²) in [4.78, 5) is 26.1. The summed E-state index contributed by atoms with van der Waals surface area (Å²) in [7, 11) is 1.37. The standard InChI is InChI=1S/C26H21NO5/c1-16-24-19(14-27(15-31-24)20-10-8-18(9-11-20)26(29)30-2)12-22-21(13-23(28)32-25(16)22)17-6-4-3-5-7-17/h3-13H,14-15H2,1-2H3. The van der Waals surface area contributed by atoms with Crippen LogP contribution in [0.3, 0.4) is 0 Å². The second-order valence-corrected chi connectivity index (χ2v) is 7.72. The van der Waals surface area contributed by atoms with Crippen molar-refractivity contribution in [3.8, 4) is 16.9 Å². The molecule has 0 saturated heterocycles. The van der Waals surface area contributed by atoms with Gasteiger partial charge in [0.15, 0.2) is 6.73 Å². The largest absolute Gasteiger partial charge is 0.472 e. The third-order valence-corrected chi connectivity index (χ3v) is 5.76. The Morgan fingerprint density at radius 1 is 1.03 bits per heavy atom. The molecule has 5 rings (SSSR count). The number of anilines is 1. The molecule has 3 aromatic carbocycles. The molecule has 0 unspecified atom stereocenters. The van der Waals surface area contributed by atoms with Gasteiger partial charge in [-0.2, -0.15) is 0 Å². The summed E-state index contributed by atoms with van der Waals surface area (Å²) >= 11 is 0. The Kier molecular flexibility index (Phi) is 4.90. The predicted molar refractivity (Wildman–Crippen MR) is 122 cm³/mol. The Hall–Kier alpha value is -4.06. The van der Waals surface area contributed by atoms with E-state index >= 15 is 0 Å². The molecule has 0 amide bonds. The van der Waals surface area contributed by atoms with Gasteiger partial charge in [-0.1, -0.05) is 30.3 Å². The number of carbonyl (C=O) groups is 1. The van der Waals surface area contributed by atoms with E-state index in [1.165, 1.54) is 13.2 Å². The molecule has 160 valence electrons. The first-order valence-corrected chi connectivity index (χ1v) is 10.3. The van der Waals surface area contributed by atoms with Crippen LogP contribution < -0.4 is 15.3 Å². The number of benzene rings is 3. The zero-order valence-electron chi connectivity index (χ0n) is 17.8. The van der Waals surface area contributed by atoms with Crippen molar-refractivity contribution in [2.24, 2.45) is 0 Å². The molecule has 0 atom stereocenters. The van der Waals surface area contributed by atoms with Gasteiger partial charge in [-0.25, -0.2) is 9.59 Å². The van der Waals surface area contributed by atoms with Crippen molar-refractivity contribution in [2.45, 2.75) is 13.5 Å². The highest BCUT2D eigenvalue weighted by Gasteiger charge is 2.24. The minimum Gasteiger partial charge on any atom is -0.472 e. The monoisotopic (exact) mass is 427 g/mol. The van der Waals surface area contributed by atoms with E-state index in [0.29, 0.717) is 24.4 Å². The number of rotatable bonds is 3. The average Bonchev–Trinajstić information content (AvgIpc) is 2.84. The molecule has 32 heavy (non-hydrogen) atoms. The van der Waals surface area contributed by atoms with Crippen LogP contribution in [0, 0.1) is 6.92 Å². The van der Waals surface area contributed by atoms with E-state index in [9.17, 15) is 9.59 Å². The quantitative estimate of drug-likeness (QED) is 0.342. The summed E-state index contributed by atoms with van der Waals surface area (Å²) in [6.07, 6.45) is 0. The number of hydrogen-bond donors (Lipinski definition) is 0. The summed E-state index contributed by atoms with van der Waals surface area (Å²) in [5, 5.41) is 0.874. The van der Waals surface area contributed by atoms with Crippen molar-refractivity contribution in [1.29, 1.82) is 0 Å². The van der Waals surface area contributed by atoms with Crippen LogP contribution >= 0.6 is 0 Å². The van der Waals surface area contributed by atoms with Gasteiger partial charge in [0.25, 0.3) is 0 Å². The number of ether oxygens (including phenoxy) is 2. The molecule has 1 aromatic heterocycles. The first-order chi connectivity index (χ1) is 15.5. The van der Waals surface area contributed by atoms with Crippen LogP contribution in [-0.2, 0) is 11.3 Å². The van der Waals surface area contributed by atoms with E-state index in [1.807, 2.05) is 55.5 Å². The van der Waals surface area contributed by atoms with Gasteiger partial charge in [-0.05, 0) is 48.4 Å². The average molecular weight is 427 g/mol. The number of nitrogens with zero attached hydrogens (tertiary/aromatic N) is 1. The molecule has 6 heteroatoms. The fraction of sp³-hybridized carbons (Fsp3) is 0.154. The summed E-state index contributed by atoms with van der Waals surface area (Å²) in [5.41, 5.74) is 5.20. The molecule has 0 saturated carbocycles. The van der Waals surface area contributed by atoms with Crippen LogP contribution in [0.2, 0.25) is 0 Å². The van der Waals surface area contributed by atoms with Crippen LogP contribution in [0.1, 0.15) is 21.5 Å². The molecule has 1 aliphatic rings. The molecule has 4 aromatic rings. The lowest BCUT2D eigenvalue weighted by Gasteiger charge is -2.32. The zero-order valence-corrected chi connectivity index (χ0v) is 17.8. The predicted octanol–water partition coefficient (Wildman–Crippen LogP) is 4.91. The van der Waals surface area contributed by atoms with Crippen molar-refractivity contribution in [3.63, 3.8) is 0 Å². The third-order valence-electron chi connectivity index (χ3n) is 5.76. The Labute approximate surface area is 184 Å². The lowest BCUT2D eigenvalue weighted by molar-refractivity contribution is 0.0600. The maximum atomic E-state index is 12.3. The fourth-order valence-corrected chi connectivity index (χ4v) is 4.17. The summed E-state index contributed by atoms with van der Waals surface area (Å²) in [6.45, 7) is 2.89.